The van der Waals surface area contributed by atoms with Gasteiger partial charge < -0.3 is 16.3 Å². The van der Waals surface area contributed by atoms with Crippen LogP contribution in [0.3, 0.4) is 0 Å². The molecule has 0 aliphatic rings. The van der Waals surface area contributed by atoms with Crippen LogP contribution in [0.25, 0.3) is 0 Å². The molecule has 0 aromatic carbocycles. The third-order valence-electron chi connectivity index (χ3n) is 1.94. The van der Waals surface area contributed by atoms with Crippen molar-refractivity contribution in [3.8, 4) is 0 Å². The molecule has 0 saturated carbocycles. The minimum Gasteiger partial charge on any atom is -0.409 e. The Morgan fingerprint density at radius 1 is 1.80 bits per heavy atom. The Bertz CT molecular complexity index is 337. The fourth-order valence-electron chi connectivity index (χ4n) is 1.19. The first-order valence-electron chi connectivity index (χ1n) is 4.73. The topological polar surface area (TPSA) is 83.5 Å². The summed E-state index contributed by atoms with van der Waals surface area (Å²) in [6.07, 6.45) is 2.40. The van der Waals surface area contributed by atoms with Crippen molar-refractivity contribution in [2.24, 2.45) is 10.9 Å². The van der Waals surface area contributed by atoms with E-state index in [1.165, 1.54) is 4.88 Å². The number of hydrogen-bond acceptors (Lipinski definition) is 5. The van der Waals surface area contributed by atoms with E-state index in [-0.39, 0.29) is 11.9 Å². The summed E-state index contributed by atoms with van der Waals surface area (Å²) in [5.41, 5.74) is 5.40. The molecule has 0 fully saturated rings. The predicted molar refractivity (Wildman–Crippen MR) is 61.2 cm³/mol. The monoisotopic (exact) mass is 228 g/mol. The van der Waals surface area contributed by atoms with Crippen LogP contribution in [0.5, 0.6) is 0 Å². The fraction of sp³-hybridized carbons (Fsp3) is 0.556. The number of nitrogens with one attached hydrogen (secondary N) is 1. The molecule has 6 heteroatoms. The molecule has 0 spiro atoms. The molecular weight excluding hydrogens is 212 g/mol. The first-order chi connectivity index (χ1) is 7.11. The van der Waals surface area contributed by atoms with Gasteiger partial charge in [0.25, 0.3) is 0 Å². The van der Waals surface area contributed by atoms with Crippen molar-refractivity contribution in [1.29, 1.82) is 0 Å². The maximum atomic E-state index is 8.40. The molecule has 0 aliphatic carbocycles. The van der Waals surface area contributed by atoms with Crippen LogP contribution in [0.1, 0.15) is 23.2 Å². The number of amidine groups is 1. The molecule has 1 atom stereocenters. The Kier molecular flexibility index (Phi) is 4.51. The van der Waals surface area contributed by atoms with E-state index in [1.807, 2.05) is 20.0 Å². The standard InChI is InChI=1S/C9H16N4OS/c1-6(3-9(10)13-14)11-4-8-5-12-7(2)15-8/h5-6,11,14H,3-4H2,1-2H3,(H2,10,13). The maximum absolute atomic E-state index is 8.40. The van der Waals surface area contributed by atoms with E-state index in [4.69, 9.17) is 10.9 Å². The number of nitrogens with zero attached hydrogens (tertiary/aromatic N) is 2. The van der Waals surface area contributed by atoms with Gasteiger partial charge in [0.2, 0.25) is 0 Å². The minimum atomic E-state index is 0.184. The molecule has 0 bridgehead atoms. The van der Waals surface area contributed by atoms with Crippen molar-refractivity contribution in [3.63, 3.8) is 0 Å². The van der Waals surface area contributed by atoms with Crippen LogP contribution < -0.4 is 11.1 Å². The predicted octanol–water partition coefficient (Wildman–Crippen LogP) is 1.07. The maximum Gasteiger partial charge on any atom is 0.140 e. The van der Waals surface area contributed by atoms with E-state index in [1.54, 1.807) is 11.3 Å². The number of aromatic nitrogens is 1. The summed E-state index contributed by atoms with van der Waals surface area (Å²) < 4.78 is 0. The number of hydrogen-bond donors (Lipinski definition) is 3. The van der Waals surface area contributed by atoms with Gasteiger partial charge in [-0.3, -0.25) is 0 Å². The van der Waals surface area contributed by atoms with Crippen molar-refractivity contribution in [2.75, 3.05) is 0 Å². The third-order valence-corrected chi connectivity index (χ3v) is 2.85. The summed E-state index contributed by atoms with van der Waals surface area (Å²) in [5, 5.41) is 15.7. The van der Waals surface area contributed by atoms with E-state index < -0.39 is 0 Å². The van der Waals surface area contributed by atoms with Gasteiger partial charge in [-0.2, -0.15) is 0 Å². The van der Waals surface area contributed by atoms with Crippen LogP contribution in [0.15, 0.2) is 11.4 Å². The van der Waals surface area contributed by atoms with Crippen molar-refractivity contribution >= 4 is 17.2 Å². The molecule has 0 saturated heterocycles. The molecule has 84 valence electrons. The number of thiazole rings is 1. The van der Waals surface area contributed by atoms with Crippen LogP contribution in [-0.4, -0.2) is 22.1 Å². The van der Waals surface area contributed by atoms with Crippen LogP contribution in [0, 0.1) is 6.92 Å². The molecule has 5 nitrogen and oxygen atoms in total. The molecule has 1 heterocycles. The molecular formula is C9H16N4OS. The van der Waals surface area contributed by atoms with Gasteiger partial charge in [-0.05, 0) is 13.8 Å². The third kappa shape index (κ3) is 4.26. The molecule has 15 heavy (non-hydrogen) atoms. The summed E-state index contributed by atoms with van der Waals surface area (Å²) in [7, 11) is 0. The highest BCUT2D eigenvalue weighted by atomic mass is 32.1. The number of nitrogens with two attached hydrogens (primary N) is 1. The van der Waals surface area contributed by atoms with Gasteiger partial charge in [-0.25, -0.2) is 4.98 Å². The van der Waals surface area contributed by atoms with Crippen molar-refractivity contribution < 1.29 is 5.21 Å². The van der Waals surface area contributed by atoms with Gasteiger partial charge in [-0.15, -0.1) is 11.3 Å². The lowest BCUT2D eigenvalue weighted by Crippen LogP contribution is -2.30. The highest BCUT2D eigenvalue weighted by Crippen LogP contribution is 2.11. The van der Waals surface area contributed by atoms with Gasteiger partial charge in [0, 0.05) is 30.1 Å². The van der Waals surface area contributed by atoms with Crippen LogP contribution >= 0.6 is 11.3 Å². The van der Waals surface area contributed by atoms with Gasteiger partial charge >= 0.3 is 0 Å². The van der Waals surface area contributed by atoms with Gasteiger partial charge in [0.15, 0.2) is 0 Å². The Hall–Kier alpha value is -1.14. The number of oxime groups is 1. The second-order valence-corrected chi connectivity index (χ2v) is 4.74. The lowest BCUT2D eigenvalue weighted by atomic mass is 10.2. The molecule has 1 aromatic rings. The Morgan fingerprint density at radius 3 is 3.07 bits per heavy atom. The fourth-order valence-corrected chi connectivity index (χ4v) is 1.93. The molecule has 0 amide bonds. The Morgan fingerprint density at radius 2 is 2.53 bits per heavy atom. The Labute approximate surface area is 93.0 Å². The lowest BCUT2D eigenvalue weighted by molar-refractivity contribution is 0.316. The van der Waals surface area contributed by atoms with Crippen LogP contribution in [-0.2, 0) is 6.54 Å². The Balaban J connectivity index is 2.31. The zero-order valence-electron chi connectivity index (χ0n) is 8.90. The quantitative estimate of drug-likeness (QED) is 0.304. The summed E-state index contributed by atoms with van der Waals surface area (Å²) in [6, 6.07) is 0.184. The van der Waals surface area contributed by atoms with Crippen molar-refractivity contribution in [3.05, 3.63) is 16.1 Å². The van der Waals surface area contributed by atoms with E-state index in [0.717, 1.165) is 11.6 Å². The van der Waals surface area contributed by atoms with E-state index >= 15 is 0 Å². The zero-order chi connectivity index (χ0) is 11.3. The average molecular weight is 228 g/mol. The molecule has 0 radical (unpaired) electrons. The molecule has 1 aromatic heterocycles. The zero-order valence-corrected chi connectivity index (χ0v) is 9.71. The minimum absolute atomic E-state index is 0.184. The second-order valence-electron chi connectivity index (χ2n) is 3.42. The molecule has 1 unspecified atom stereocenters. The molecule has 0 aliphatic heterocycles. The normalized spacial score (nSPS) is 14.1. The second kappa shape index (κ2) is 5.67. The van der Waals surface area contributed by atoms with E-state index in [2.05, 4.69) is 15.5 Å². The first kappa shape index (κ1) is 11.9. The highest BCUT2D eigenvalue weighted by Gasteiger charge is 2.05. The number of rotatable bonds is 5. The molecule has 1 rings (SSSR count). The van der Waals surface area contributed by atoms with Gasteiger partial charge in [0.1, 0.15) is 5.84 Å². The van der Waals surface area contributed by atoms with E-state index in [9.17, 15) is 0 Å². The van der Waals surface area contributed by atoms with Gasteiger partial charge in [-0.1, -0.05) is 5.16 Å². The summed E-state index contributed by atoms with van der Waals surface area (Å²) in [4.78, 5) is 5.36. The summed E-state index contributed by atoms with van der Waals surface area (Å²) in [5.74, 6) is 0.246. The largest absolute Gasteiger partial charge is 0.409 e. The SMILES string of the molecule is Cc1ncc(CNC(C)CC(N)=NO)s1. The smallest absolute Gasteiger partial charge is 0.140 e. The average Bonchev–Trinajstić information content (AvgIpc) is 2.61. The van der Waals surface area contributed by atoms with Crippen molar-refractivity contribution in [1.82, 2.24) is 10.3 Å². The highest BCUT2D eigenvalue weighted by molar-refractivity contribution is 7.11. The van der Waals surface area contributed by atoms with Crippen LogP contribution in [0.2, 0.25) is 0 Å². The first-order valence-corrected chi connectivity index (χ1v) is 5.54. The van der Waals surface area contributed by atoms with Gasteiger partial charge in [0.05, 0.1) is 5.01 Å². The molecule has 4 N–H and O–H groups in total. The lowest BCUT2D eigenvalue weighted by Gasteiger charge is -2.11. The summed E-state index contributed by atoms with van der Waals surface area (Å²) in [6.45, 7) is 4.74. The van der Waals surface area contributed by atoms with Crippen LogP contribution in [0.4, 0.5) is 0 Å². The summed E-state index contributed by atoms with van der Waals surface area (Å²) >= 11 is 1.67. The van der Waals surface area contributed by atoms with E-state index in [0.29, 0.717) is 6.42 Å². The number of aryl methyl sites for hydroxylation is 1. The van der Waals surface area contributed by atoms with Crippen molar-refractivity contribution in [2.45, 2.75) is 32.9 Å².